The van der Waals surface area contributed by atoms with Gasteiger partial charge >= 0.3 is 0 Å². The zero-order chi connectivity index (χ0) is 18.9. The normalized spacial score (nSPS) is 10.6. The van der Waals surface area contributed by atoms with Crippen LogP contribution in [0.2, 0.25) is 0 Å². The van der Waals surface area contributed by atoms with Crippen LogP contribution in [0.15, 0.2) is 53.6 Å². The molecule has 2 rings (SSSR count). The number of amides is 2. The van der Waals surface area contributed by atoms with Gasteiger partial charge in [0.25, 0.3) is 0 Å². The van der Waals surface area contributed by atoms with Crippen molar-refractivity contribution in [2.75, 3.05) is 24.3 Å². The summed E-state index contributed by atoms with van der Waals surface area (Å²) < 4.78 is 0. The van der Waals surface area contributed by atoms with Gasteiger partial charge in [-0.05, 0) is 42.3 Å². The maximum Gasteiger partial charge on any atom is 0.240 e. The van der Waals surface area contributed by atoms with Gasteiger partial charge in [0.05, 0.1) is 6.21 Å². The third-order valence-electron chi connectivity index (χ3n) is 3.69. The molecule has 2 aromatic rings. The molecule has 0 spiro atoms. The highest BCUT2D eigenvalue weighted by Crippen LogP contribution is 2.11. The van der Waals surface area contributed by atoms with E-state index in [4.69, 9.17) is 0 Å². The van der Waals surface area contributed by atoms with Gasteiger partial charge in [0.2, 0.25) is 11.8 Å². The standard InChI is InChI=1S/C20H24N4O2/c1-15-5-4-6-17(13-15)22-19(25)11-12-20(26)23-21-14-16-7-9-18(10-8-16)24(2)3/h4-10,13-14H,11-12H2,1-3H3,(H,22,25)(H,23,26)/b21-14-. The van der Waals surface area contributed by atoms with Gasteiger partial charge in [-0.2, -0.15) is 5.10 Å². The average molecular weight is 352 g/mol. The third kappa shape index (κ3) is 6.39. The molecule has 0 atom stereocenters. The van der Waals surface area contributed by atoms with Crippen molar-refractivity contribution in [3.8, 4) is 0 Å². The van der Waals surface area contributed by atoms with E-state index in [0.29, 0.717) is 0 Å². The van der Waals surface area contributed by atoms with E-state index in [1.165, 1.54) is 0 Å². The van der Waals surface area contributed by atoms with Gasteiger partial charge in [-0.3, -0.25) is 9.59 Å². The van der Waals surface area contributed by atoms with Crippen LogP contribution in [0.25, 0.3) is 0 Å². The predicted octanol–water partition coefficient (Wildman–Crippen LogP) is 2.93. The van der Waals surface area contributed by atoms with Crippen molar-refractivity contribution in [1.29, 1.82) is 0 Å². The lowest BCUT2D eigenvalue weighted by atomic mass is 10.2. The van der Waals surface area contributed by atoms with Crippen LogP contribution in [-0.4, -0.2) is 32.1 Å². The van der Waals surface area contributed by atoms with Crippen LogP contribution in [0.3, 0.4) is 0 Å². The van der Waals surface area contributed by atoms with Crippen molar-refractivity contribution in [3.05, 3.63) is 59.7 Å². The number of nitrogens with one attached hydrogen (secondary N) is 2. The number of carbonyl (C=O) groups excluding carboxylic acids is 2. The van der Waals surface area contributed by atoms with Crippen molar-refractivity contribution in [2.24, 2.45) is 5.10 Å². The summed E-state index contributed by atoms with van der Waals surface area (Å²) >= 11 is 0. The summed E-state index contributed by atoms with van der Waals surface area (Å²) in [6.45, 7) is 1.95. The third-order valence-corrected chi connectivity index (χ3v) is 3.69. The first kappa shape index (κ1) is 19.2. The van der Waals surface area contributed by atoms with Gasteiger partial charge in [0, 0.05) is 38.3 Å². The second kappa shape index (κ2) is 9.36. The van der Waals surface area contributed by atoms with Crippen LogP contribution in [0.1, 0.15) is 24.0 Å². The minimum atomic E-state index is -0.300. The molecule has 136 valence electrons. The fourth-order valence-electron chi connectivity index (χ4n) is 2.27. The topological polar surface area (TPSA) is 73.8 Å². The van der Waals surface area contributed by atoms with Gasteiger partial charge in [-0.15, -0.1) is 0 Å². The molecule has 2 amide bonds. The van der Waals surface area contributed by atoms with Crippen LogP contribution >= 0.6 is 0 Å². The summed E-state index contributed by atoms with van der Waals surface area (Å²) in [6.07, 6.45) is 1.76. The van der Waals surface area contributed by atoms with Crippen LogP contribution < -0.4 is 15.6 Å². The van der Waals surface area contributed by atoms with Gasteiger partial charge in [0.1, 0.15) is 0 Å². The molecule has 0 saturated carbocycles. The smallest absolute Gasteiger partial charge is 0.240 e. The number of hydrogen-bond donors (Lipinski definition) is 2. The van der Waals surface area contributed by atoms with Gasteiger partial charge < -0.3 is 10.2 Å². The zero-order valence-corrected chi connectivity index (χ0v) is 15.3. The number of nitrogens with zero attached hydrogens (tertiary/aromatic N) is 2. The van der Waals surface area contributed by atoms with Crippen molar-refractivity contribution in [2.45, 2.75) is 19.8 Å². The Morgan fingerprint density at radius 3 is 2.38 bits per heavy atom. The van der Waals surface area contributed by atoms with Crippen molar-refractivity contribution in [1.82, 2.24) is 5.43 Å². The van der Waals surface area contributed by atoms with Crippen molar-refractivity contribution >= 4 is 29.4 Å². The average Bonchev–Trinajstić information content (AvgIpc) is 2.60. The van der Waals surface area contributed by atoms with Crippen LogP contribution in [-0.2, 0) is 9.59 Å². The minimum absolute atomic E-state index is 0.0779. The van der Waals surface area contributed by atoms with E-state index in [0.717, 1.165) is 22.5 Å². The Morgan fingerprint density at radius 2 is 1.73 bits per heavy atom. The van der Waals surface area contributed by atoms with E-state index in [9.17, 15) is 9.59 Å². The number of hydrogen-bond acceptors (Lipinski definition) is 4. The number of carbonyl (C=O) groups is 2. The molecule has 0 heterocycles. The van der Waals surface area contributed by atoms with E-state index in [-0.39, 0.29) is 24.7 Å². The van der Waals surface area contributed by atoms with Gasteiger partial charge in [0.15, 0.2) is 0 Å². The molecule has 0 radical (unpaired) electrons. The van der Waals surface area contributed by atoms with Crippen LogP contribution in [0.4, 0.5) is 11.4 Å². The Morgan fingerprint density at radius 1 is 1.04 bits per heavy atom. The fraction of sp³-hybridized carbons (Fsp3) is 0.250. The summed E-state index contributed by atoms with van der Waals surface area (Å²) in [4.78, 5) is 25.7. The molecule has 0 bridgehead atoms. The highest BCUT2D eigenvalue weighted by atomic mass is 16.2. The fourth-order valence-corrected chi connectivity index (χ4v) is 2.27. The zero-order valence-electron chi connectivity index (χ0n) is 15.3. The lowest BCUT2D eigenvalue weighted by Gasteiger charge is -2.11. The van der Waals surface area contributed by atoms with E-state index in [1.807, 2.05) is 74.4 Å². The Kier molecular flexibility index (Phi) is 6.91. The molecule has 0 aliphatic carbocycles. The molecule has 26 heavy (non-hydrogen) atoms. The minimum Gasteiger partial charge on any atom is -0.378 e. The molecule has 0 saturated heterocycles. The molecule has 0 unspecified atom stereocenters. The number of hydrazone groups is 1. The lowest BCUT2D eigenvalue weighted by molar-refractivity contribution is -0.124. The largest absolute Gasteiger partial charge is 0.378 e. The van der Waals surface area contributed by atoms with E-state index in [2.05, 4.69) is 15.8 Å². The summed E-state index contributed by atoms with van der Waals surface area (Å²) in [5, 5.41) is 6.69. The molecule has 6 nitrogen and oxygen atoms in total. The number of anilines is 2. The summed E-state index contributed by atoms with van der Waals surface area (Å²) in [7, 11) is 3.94. The highest BCUT2D eigenvalue weighted by Gasteiger charge is 2.06. The molecule has 2 aromatic carbocycles. The first-order valence-corrected chi connectivity index (χ1v) is 8.40. The van der Waals surface area contributed by atoms with Crippen molar-refractivity contribution in [3.63, 3.8) is 0 Å². The molecular weight excluding hydrogens is 328 g/mol. The highest BCUT2D eigenvalue weighted by molar-refractivity contribution is 5.93. The Hall–Kier alpha value is -3.15. The number of aryl methyl sites for hydroxylation is 1. The Bertz CT molecular complexity index is 783. The molecule has 0 fully saturated rings. The number of rotatable bonds is 7. The van der Waals surface area contributed by atoms with Crippen molar-refractivity contribution < 1.29 is 9.59 Å². The second-order valence-electron chi connectivity index (χ2n) is 6.20. The van der Waals surface area contributed by atoms with E-state index >= 15 is 0 Å². The summed E-state index contributed by atoms with van der Waals surface area (Å²) in [5.74, 6) is -0.500. The molecule has 0 aliphatic rings. The predicted molar refractivity (Wildman–Crippen MR) is 106 cm³/mol. The van der Waals surface area contributed by atoms with Gasteiger partial charge in [-0.1, -0.05) is 24.3 Å². The quantitative estimate of drug-likeness (QED) is 0.594. The first-order chi connectivity index (χ1) is 12.4. The molecule has 6 heteroatoms. The monoisotopic (exact) mass is 352 g/mol. The Balaban J connectivity index is 1.73. The maximum absolute atomic E-state index is 11.9. The van der Waals surface area contributed by atoms with E-state index < -0.39 is 0 Å². The molecule has 0 aliphatic heterocycles. The Labute approximate surface area is 153 Å². The van der Waals surface area contributed by atoms with Crippen LogP contribution in [0.5, 0.6) is 0 Å². The SMILES string of the molecule is Cc1cccc(NC(=O)CCC(=O)N/N=C\c2ccc(N(C)C)cc2)c1. The first-order valence-electron chi connectivity index (χ1n) is 8.40. The maximum atomic E-state index is 11.9. The number of benzene rings is 2. The van der Waals surface area contributed by atoms with Crippen LogP contribution in [0, 0.1) is 6.92 Å². The van der Waals surface area contributed by atoms with Gasteiger partial charge in [-0.25, -0.2) is 5.43 Å². The van der Waals surface area contributed by atoms with E-state index in [1.54, 1.807) is 6.21 Å². The molecule has 2 N–H and O–H groups in total. The molecule has 0 aromatic heterocycles. The second-order valence-corrected chi connectivity index (χ2v) is 6.20. The molecular formula is C20H24N4O2. The summed E-state index contributed by atoms with van der Waals surface area (Å²) in [5.41, 5.74) is 6.20. The lowest BCUT2D eigenvalue weighted by Crippen LogP contribution is -2.20. The summed E-state index contributed by atoms with van der Waals surface area (Å²) in [6, 6.07) is 15.3.